The highest BCUT2D eigenvalue weighted by atomic mass is 32.1. The van der Waals surface area contributed by atoms with Crippen molar-refractivity contribution >= 4 is 82.5 Å². The normalized spacial score (nSPS) is 17.4. The van der Waals surface area contributed by atoms with Gasteiger partial charge in [-0.15, -0.1) is 11.3 Å². The summed E-state index contributed by atoms with van der Waals surface area (Å²) < 4.78 is 5.44. The third-order valence-corrected chi connectivity index (χ3v) is 17.8. The molecule has 0 N–H and O–H groups in total. The molecule has 13 rings (SSSR count). The van der Waals surface area contributed by atoms with Crippen LogP contribution in [0.5, 0.6) is 0 Å². The molecule has 0 saturated carbocycles. The van der Waals surface area contributed by atoms with Crippen molar-refractivity contribution in [2.45, 2.75) is 123 Å². The number of aromatic nitrogens is 1. The van der Waals surface area contributed by atoms with Gasteiger partial charge >= 0.3 is 6.85 Å². The zero-order valence-corrected chi connectivity index (χ0v) is 41.1. The summed E-state index contributed by atoms with van der Waals surface area (Å²) in [6.45, 7) is 29.0. The lowest BCUT2D eigenvalue weighted by Crippen LogP contribution is -2.61. The smallest absolute Gasteiger partial charge is 0.333 e. The molecule has 4 aliphatic rings. The van der Waals surface area contributed by atoms with Gasteiger partial charge in [0.05, 0.1) is 11.0 Å². The molecular formula is C61H59BN2S. The molecule has 0 saturated heterocycles. The number of hydrogen-bond donors (Lipinski definition) is 0. The maximum atomic E-state index is 2.76. The van der Waals surface area contributed by atoms with Crippen LogP contribution in [0.2, 0.25) is 0 Å². The Morgan fingerprint density at radius 3 is 1.94 bits per heavy atom. The van der Waals surface area contributed by atoms with Gasteiger partial charge in [-0.25, -0.2) is 0 Å². The fraction of sp³-hybridized carbons (Fsp3) is 0.311. The first-order valence-corrected chi connectivity index (χ1v) is 24.9. The van der Waals surface area contributed by atoms with E-state index in [1.165, 1.54) is 138 Å². The first-order chi connectivity index (χ1) is 30.8. The minimum absolute atomic E-state index is 0.0310. The minimum Gasteiger partial charge on any atom is -0.376 e. The van der Waals surface area contributed by atoms with Gasteiger partial charge in [0, 0.05) is 59.0 Å². The fourth-order valence-electron chi connectivity index (χ4n) is 13.0. The minimum atomic E-state index is -0.226. The Hall–Kier alpha value is -5.58. The number of rotatable bonds is 1. The van der Waals surface area contributed by atoms with Crippen molar-refractivity contribution in [3.05, 3.63) is 149 Å². The highest BCUT2D eigenvalue weighted by Gasteiger charge is 2.50. The van der Waals surface area contributed by atoms with Gasteiger partial charge in [0.25, 0.3) is 0 Å². The molecule has 0 bridgehead atoms. The molecule has 65 heavy (non-hydrogen) atoms. The van der Waals surface area contributed by atoms with Crippen LogP contribution in [-0.4, -0.2) is 11.4 Å². The average Bonchev–Trinajstić information content (AvgIpc) is 3.88. The molecule has 0 amide bonds. The van der Waals surface area contributed by atoms with Crippen molar-refractivity contribution in [1.29, 1.82) is 0 Å². The molecule has 0 radical (unpaired) electrons. The van der Waals surface area contributed by atoms with Crippen molar-refractivity contribution < 1.29 is 0 Å². The fourth-order valence-corrected chi connectivity index (χ4v) is 14.1. The Bertz CT molecular complexity index is 3600. The van der Waals surface area contributed by atoms with Gasteiger partial charge in [0.15, 0.2) is 0 Å². The molecule has 0 unspecified atom stereocenters. The van der Waals surface area contributed by atoms with Crippen LogP contribution in [0.3, 0.4) is 0 Å². The van der Waals surface area contributed by atoms with Crippen molar-refractivity contribution in [3.8, 4) is 27.9 Å². The number of nitrogens with zero attached hydrogens (tertiary/aromatic N) is 2. The molecular weight excluding hydrogens is 804 g/mol. The molecule has 2 nitrogen and oxygen atoms in total. The van der Waals surface area contributed by atoms with E-state index in [1.807, 2.05) is 11.3 Å². The second kappa shape index (κ2) is 12.4. The van der Waals surface area contributed by atoms with Crippen molar-refractivity contribution in [2.24, 2.45) is 0 Å². The Kier molecular flexibility index (Phi) is 7.61. The van der Waals surface area contributed by atoms with Gasteiger partial charge in [-0.05, 0) is 144 Å². The van der Waals surface area contributed by atoms with Crippen molar-refractivity contribution in [1.82, 2.24) is 4.57 Å². The van der Waals surface area contributed by atoms with E-state index in [0.29, 0.717) is 0 Å². The lowest BCUT2D eigenvalue weighted by atomic mass is 9.43. The lowest BCUT2D eigenvalue weighted by molar-refractivity contribution is 0.332. The van der Waals surface area contributed by atoms with Gasteiger partial charge in [-0.3, -0.25) is 0 Å². The Labute approximate surface area is 389 Å². The van der Waals surface area contributed by atoms with E-state index in [4.69, 9.17) is 0 Å². The molecule has 0 spiro atoms. The SMILES string of the molecule is CC(C)(C)c1ccc(N2B3c4cc(C(C)(C)C)ccc4-n4c5cc6c(cc5c5c7c(c(c3c54)-c3cc4c(cc32)sc2ccccc24)-c2ccccc2C7(C)C)C(C)(C)CCC6(C)C)cc1. The molecule has 0 fully saturated rings. The van der Waals surface area contributed by atoms with E-state index in [9.17, 15) is 0 Å². The van der Waals surface area contributed by atoms with Gasteiger partial charge < -0.3 is 9.38 Å². The van der Waals surface area contributed by atoms with Gasteiger partial charge in [0.1, 0.15) is 0 Å². The molecule has 7 aromatic carbocycles. The standard InChI is InChI=1S/C61H59BN2S/c1-57(2,3)34-21-24-36(25-22-34)64-48-33-50-39(37-17-14-16-20-49(37)65-50)30-40(48)52-51-38-18-13-15-19-42(38)61(11,12)54(51)53-41-31-43-44(60(9,10)28-27-59(43,7)8)32-47(41)63-46-26-23-35(58(4,5)6)29-45(46)62(64)55(52)56(53)63/h13-26,29-33H,27-28H2,1-12H3. The predicted octanol–water partition coefficient (Wildman–Crippen LogP) is 15.6. The number of fused-ring (bicyclic) bond motifs is 17. The van der Waals surface area contributed by atoms with E-state index in [-0.39, 0.29) is 33.9 Å². The summed E-state index contributed by atoms with van der Waals surface area (Å²) in [5, 5.41) is 5.54. The van der Waals surface area contributed by atoms with Gasteiger partial charge in [-0.1, -0.05) is 150 Å². The third kappa shape index (κ3) is 5.13. The first kappa shape index (κ1) is 39.8. The quantitative estimate of drug-likeness (QED) is 0.149. The summed E-state index contributed by atoms with van der Waals surface area (Å²) in [6.07, 6.45) is 2.37. The van der Waals surface area contributed by atoms with Gasteiger partial charge in [-0.2, -0.15) is 0 Å². The number of thiophene rings is 1. The summed E-state index contributed by atoms with van der Waals surface area (Å²) in [7, 11) is 0. The monoisotopic (exact) mass is 862 g/mol. The van der Waals surface area contributed by atoms with Crippen molar-refractivity contribution in [3.63, 3.8) is 0 Å². The van der Waals surface area contributed by atoms with E-state index < -0.39 is 0 Å². The summed E-state index contributed by atoms with van der Waals surface area (Å²) in [4.78, 5) is 2.76. The average molecular weight is 863 g/mol. The summed E-state index contributed by atoms with van der Waals surface area (Å²) in [5.41, 5.74) is 23.6. The predicted molar refractivity (Wildman–Crippen MR) is 283 cm³/mol. The van der Waals surface area contributed by atoms with Crippen LogP contribution in [0.15, 0.2) is 115 Å². The van der Waals surface area contributed by atoms with Crippen LogP contribution in [0.1, 0.15) is 129 Å². The largest absolute Gasteiger partial charge is 0.376 e. The molecule has 4 heterocycles. The molecule has 2 aliphatic heterocycles. The third-order valence-electron chi connectivity index (χ3n) is 16.7. The highest BCUT2D eigenvalue weighted by molar-refractivity contribution is 7.25. The maximum absolute atomic E-state index is 2.76. The topological polar surface area (TPSA) is 8.17 Å². The molecule has 9 aromatic rings. The van der Waals surface area contributed by atoms with E-state index in [2.05, 4.69) is 208 Å². The zero-order valence-electron chi connectivity index (χ0n) is 40.3. The Morgan fingerprint density at radius 1 is 0.554 bits per heavy atom. The van der Waals surface area contributed by atoms with Crippen LogP contribution >= 0.6 is 11.3 Å². The zero-order chi connectivity index (χ0) is 45.1. The van der Waals surface area contributed by atoms with Crippen molar-refractivity contribution in [2.75, 3.05) is 4.81 Å². The van der Waals surface area contributed by atoms with Crippen LogP contribution in [0.25, 0.3) is 69.9 Å². The maximum Gasteiger partial charge on any atom is 0.333 e. The summed E-state index contributed by atoms with van der Waals surface area (Å²) in [6, 6.07) is 46.1. The van der Waals surface area contributed by atoms with Crippen LogP contribution in [-0.2, 0) is 27.1 Å². The summed E-state index contributed by atoms with van der Waals surface area (Å²) >= 11 is 1.93. The molecule has 2 aliphatic carbocycles. The second-order valence-electron chi connectivity index (χ2n) is 24.0. The van der Waals surface area contributed by atoms with E-state index in [1.54, 1.807) is 0 Å². The first-order valence-electron chi connectivity index (χ1n) is 24.1. The van der Waals surface area contributed by atoms with Gasteiger partial charge in [0.2, 0.25) is 0 Å². The molecule has 2 aromatic heterocycles. The second-order valence-corrected chi connectivity index (χ2v) is 25.1. The van der Waals surface area contributed by atoms with E-state index in [0.717, 1.165) is 0 Å². The lowest BCUT2D eigenvalue weighted by Gasteiger charge is -2.43. The number of anilines is 2. The molecule has 322 valence electrons. The molecule has 4 heteroatoms. The Morgan fingerprint density at radius 2 is 1.22 bits per heavy atom. The summed E-state index contributed by atoms with van der Waals surface area (Å²) in [5.74, 6) is 0. The number of hydrogen-bond acceptors (Lipinski definition) is 2. The van der Waals surface area contributed by atoms with E-state index >= 15 is 0 Å². The molecule has 0 atom stereocenters. The van der Waals surface area contributed by atoms with Crippen LogP contribution in [0, 0.1) is 0 Å². The van der Waals surface area contributed by atoms with Crippen LogP contribution in [0.4, 0.5) is 11.4 Å². The Balaban J connectivity index is 1.29. The highest BCUT2D eigenvalue weighted by Crippen LogP contribution is 2.60. The number of benzene rings is 7. The van der Waals surface area contributed by atoms with Crippen LogP contribution < -0.4 is 15.7 Å².